The van der Waals surface area contributed by atoms with Crippen LogP contribution in [0.1, 0.15) is 39.7 Å². The molecule has 1 nitrogen and oxygen atoms in total. The van der Waals surface area contributed by atoms with Crippen LogP contribution in [0.15, 0.2) is 18.2 Å². The van der Waals surface area contributed by atoms with Gasteiger partial charge in [0, 0.05) is 0 Å². The monoisotopic (exact) mass is 226 g/mol. The lowest BCUT2D eigenvalue weighted by Gasteiger charge is -2.24. The van der Waals surface area contributed by atoms with E-state index in [1.165, 1.54) is 5.56 Å². The molecule has 0 aromatic heterocycles. The van der Waals surface area contributed by atoms with E-state index in [2.05, 4.69) is 32.9 Å². The van der Waals surface area contributed by atoms with E-state index in [-0.39, 0.29) is 5.41 Å². The van der Waals surface area contributed by atoms with Crippen molar-refractivity contribution in [3.05, 3.63) is 28.8 Å². The van der Waals surface area contributed by atoms with Gasteiger partial charge in [-0.2, -0.15) is 0 Å². The largest absolute Gasteiger partial charge is 0.492 e. The van der Waals surface area contributed by atoms with Crippen molar-refractivity contribution in [2.24, 2.45) is 0 Å². The molecule has 0 amide bonds. The molecule has 0 fully saturated rings. The molecule has 0 saturated carbocycles. The molecule has 0 radical (unpaired) electrons. The number of hydrogen-bond acceptors (Lipinski definition) is 1. The molecule has 0 aliphatic heterocycles. The molecule has 0 aliphatic rings. The van der Waals surface area contributed by atoms with Crippen LogP contribution in [0.4, 0.5) is 0 Å². The van der Waals surface area contributed by atoms with E-state index in [9.17, 15) is 0 Å². The summed E-state index contributed by atoms with van der Waals surface area (Å²) in [7, 11) is 0. The minimum Gasteiger partial charge on any atom is -0.492 e. The maximum absolute atomic E-state index is 6.04. The summed E-state index contributed by atoms with van der Waals surface area (Å²) in [5, 5.41) is 0.688. The third-order valence-corrected chi connectivity index (χ3v) is 3.21. The van der Waals surface area contributed by atoms with Crippen LogP contribution >= 0.6 is 11.6 Å². The van der Waals surface area contributed by atoms with Crippen molar-refractivity contribution in [3.8, 4) is 5.75 Å². The standard InChI is InChI=1S/C13H19ClO/c1-5-13(3,4)10-7-8-11(14)12(9-10)15-6-2/h7-9H,5-6H2,1-4H3. The molecule has 1 aromatic rings. The molecule has 0 atom stereocenters. The van der Waals surface area contributed by atoms with Crippen LogP contribution in [0.3, 0.4) is 0 Å². The third-order valence-electron chi connectivity index (χ3n) is 2.90. The molecule has 1 aromatic carbocycles. The molecule has 2 heteroatoms. The lowest BCUT2D eigenvalue weighted by atomic mass is 9.82. The first kappa shape index (κ1) is 12.4. The molecule has 1 rings (SSSR count). The van der Waals surface area contributed by atoms with Crippen molar-refractivity contribution in [2.45, 2.75) is 39.5 Å². The van der Waals surface area contributed by atoms with Gasteiger partial charge in [-0.15, -0.1) is 0 Å². The van der Waals surface area contributed by atoms with E-state index in [1.807, 2.05) is 13.0 Å². The van der Waals surface area contributed by atoms with Gasteiger partial charge in [-0.25, -0.2) is 0 Å². The maximum Gasteiger partial charge on any atom is 0.138 e. The fourth-order valence-corrected chi connectivity index (χ4v) is 1.57. The summed E-state index contributed by atoms with van der Waals surface area (Å²) in [6.07, 6.45) is 1.10. The summed E-state index contributed by atoms with van der Waals surface area (Å²) in [6.45, 7) is 9.26. The van der Waals surface area contributed by atoms with E-state index < -0.39 is 0 Å². The maximum atomic E-state index is 6.04. The number of benzene rings is 1. The van der Waals surface area contributed by atoms with Gasteiger partial charge in [0.25, 0.3) is 0 Å². The number of halogens is 1. The van der Waals surface area contributed by atoms with Crippen LogP contribution in [0.5, 0.6) is 5.75 Å². The highest BCUT2D eigenvalue weighted by Gasteiger charge is 2.19. The molecular weight excluding hydrogens is 208 g/mol. The summed E-state index contributed by atoms with van der Waals surface area (Å²) in [5.41, 5.74) is 1.45. The Bertz CT molecular complexity index is 331. The van der Waals surface area contributed by atoms with Crippen LogP contribution < -0.4 is 4.74 Å². The zero-order chi connectivity index (χ0) is 11.5. The average Bonchev–Trinajstić information content (AvgIpc) is 2.21. The summed E-state index contributed by atoms with van der Waals surface area (Å²) in [6, 6.07) is 6.04. The molecule has 0 heterocycles. The smallest absolute Gasteiger partial charge is 0.138 e. The Kier molecular flexibility index (Phi) is 4.04. The van der Waals surface area contributed by atoms with Gasteiger partial charge in [0.15, 0.2) is 0 Å². The second-order valence-electron chi connectivity index (χ2n) is 4.32. The minimum atomic E-state index is 0.177. The molecule has 0 saturated heterocycles. The van der Waals surface area contributed by atoms with Crippen LogP contribution in [-0.4, -0.2) is 6.61 Å². The predicted molar refractivity (Wildman–Crippen MR) is 65.9 cm³/mol. The van der Waals surface area contributed by atoms with Gasteiger partial charge in [0.1, 0.15) is 5.75 Å². The lowest BCUT2D eigenvalue weighted by Crippen LogP contribution is -2.15. The van der Waals surface area contributed by atoms with Crippen LogP contribution in [-0.2, 0) is 5.41 Å². The van der Waals surface area contributed by atoms with E-state index in [4.69, 9.17) is 16.3 Å². The molecule has 0 spiro atoms. The summed E-state index contributed by atoms with van der Waals surface area (Å²) in [5.74, 6) is 0.790. The zero-order valence-corrected chi connectivity index (χ0v) is 10.7. The Morgan fingerprint density at radius 3 is 2.47 bits per heavy atom. The van der Waals surface area contributed by atoms with Gasteiger partial charge in [-0.1, -0.05) is 38.4 Å². The second kappa shape index (κ2) is 4.89. The van der Waals surface area contributed by atoms with Crippen molar-refractivity contribution in [1.29, 1.82) is 0 Å². The Balaban J connectivity index is 3.07. The Hall–Kier alpha value is -0.690. The van der Waals surface area contributed by atoms with E-state index in [1.54, 1.807) is 0 Å². The molecule has 84 valence electrons. The highest BCUT2D eigenvalue weighted by Crippen LogP contribution is 2.33. The molecule has 15 heavy (non-hydrogen) atoms. The minimum absolute atomic E-state index is 0.177. The van der Waals surface area contributed by atoms with Crippen LogP contribution in [0.25, 0.3) is 0 Å². The van der Waals surface area contributed by atoms with E-state index in [0.717, 1.165) is 12.2 Å². The van der Waals surface area contributed by atoms with E-state index >= 15 is 0 Å². The van der Waals surface area contributed by atoms with Crippen molar-refractivity contribution in [2.75, 3.05) is 6.61 Å². The van der Waals surface area contributed by atoms with Gasteiger partial charge in [-0.3, -0.25) is 0 Å². The second-order valence-corrected chi connectivity index (χ2v) is 4.72. The summed E-state index contributed by atoms with van der Waals surface area (Å²) >= 11 is 6.04. The van der Waals surface area contributed by atoms with E-state index in [0.29, 0.717) is 11.6 Å². The number of rotatable bonds is 4. The third kappa shape index (κ3) is 2.88. The van der Waals surface area contributed by atoms with Gasteiger partial charge in [0.2, 0.25) is 0 Å². The quantitative estimate of drug-likeness (QED) is 0.738. The number of hydrogen-bond donors (Lipinski definition) is 0. The molecule has 0 N–H and O–H groups in total. The van der Waals surface area contributed by atoms with Crippen molar-refractivity contribution < 1.29 is 4.74 Å². The topological polar surface area (TPSA) is 9.23 Å². The molecule has 0 unspecified atom stereocenters. The van der Waals surface area contributed by atoms with Crippen molar-refractivity contribution >= 4 is 11.6 Å². The Labute approximate surface area is 97.4 Å². The highest BCUT2D eigenvalue weighted by atomic mass is 35.5. The lowest BCUT2D eigenvalue weighted by molar-refractivity contribution is 0.339. The Morgan fingerprint density at radius 2 is 1.93 bits per heavy atom. The zero-order valence-electron chi connectivity index (χ0n) is 9.93. The van der Waals surface area contributed by atoms with Crippen molar-refractivity contribution in [3.63, 3.8) is 0 Å². The average molecular weight is 227 g/mol. The molecule has 0 bridgehead atoms. The first-order chi connectivity index (χ1) is 7.01. The summed E-state index contributed by atoms with van der Waals surface area (Å²) < 4.78 is 5.49. The number of ether oxygens (including phenoxy) is 1. The normalized spacial score (nSPS) is 11.5. The first-order valence-corrected chi connectivity index (χ1v) is 5.82. The van der Waals surface area contributed by atoms with Gasteiger partial charge in [0.05, 0.1) is 11.6 Å². The predicted octanol–water partition coefficient (Wildman–Crippen LogP) is 4.43. The van der Waals surface area contributed by atoms with Crippen molar-refractivity contribution in [1.82, 2.24) is 0 Å². The Morgan fingerprint density at radius 1 is 1.27 bits per heavy atom. The van der Waals surface area contributed by atoms with Gasteiger partial charge < -0.3 is 4.74 Å². The molecule has 0 aliphatic carbocycles. The highest BCUT2D eigenvalue weighted by molar-refractivity contribution is 6.32. The fourth-order valence-electron chi connectivity index (χ4n) is 1.39. The fraction of sp³-hybridized carbons (Fsp3) is 0.538. The SMILES string of the molecule is CCOc1cc(C(C)(C)CC)ccc1Cl. The molecular formula is C13H19ClO. The van der Waals surface area contributed by atoms with Crippen LogP contribution in [0.2, 0.25) is 5.02 Å². The first-order valence-electron chi connectivity index (χ1n) is 5.44. The van der Waals surface area contributed by atoms with Gasteiger partial charge >= 0.3 is 0 Å². The summed E-state index contributed by atoms with van der Waals surface area (Å²) in [4.78, 5) is 0. The van der Waals surface area contributed by atoms with Gasteiger partial charge in [-0.05, 0) is 36.5 Å². The van der Waals surface area contributed by atoms with Crippen LogP contribution in [0, 0.1) is 0 Å².